The van der Waals surface area contributed by atoms with E-state index in [0.717, 1.165) is 5.56 Å². The van der Waals surface area contributed by atoms with Crippen LogP contribution in [0, 0.1) is 5.82 Å². The van der Waals surface area contributed by atoms with Crippen LogP contribution in [0.15, 0.2) is 54.9 Å². The Balaban J connectivity index is 1.88. The molecule has 7 nitrogen and oxygen atoms in total. The van der Waals surface area contributed by atoms with Gasteiger partial charge in [-0.2, -0.15) is 0 Å². The lowest BCUT2D eigenvalue weighted by atomic mass is 10.1. The van der Waals surface area contributed by atoms with E-state index in [-0.39, 0.29) is 5.02 Å². The highest BCUT2D eigenvalue weighted by molar-refractivity contribution is 6.31. The van der Waals surface area contributed by atoms with Crippen molar-refractivity contribution in [1.82, 2.24) is 9.97 Å². The molecule has 4 aromatic rings. The molecule has 0 fully saturated rings. The fraction of sp³-hybridized carbons (Fsp3) is 0.167. The van der Waals surface area contributed by atoms with Gasteiger partial charge in [0.25, 0.3) is 0 Å². The Morgan fingerprint density at radius 1 is 0.909 bits per heavy atom. The molecule has 4 rings (SSSR count). The number of nitrogens with zero attached hydrogens (tertiary/aromatic N) is 3. The Morgan fingerprint density at radius 2 is 1.67 bits per heavy atom. The summed E-state index contributed by atoms with van der Waals surface area (Å²) in [5.74, 6) is 1.79. The van der Waals surface area contributed by atoms with E-state index in [0.29, 0.717) is 51.9 Å². The van der Waals surface area contributed by atoms with Crippen molar-refractivity contribution in [3.8, 4) is 17.2 Å². The summed E-state index contributed by atoms with van der Waals surface area (Å²) >= 11 is 6.11. The number of hydrogen-bond acceptors (Lipinski definition) is 7. The average Bonchev–Trinajstić information content (AvgIpc) is 2.83. The molecule has 0 amide bonds. The van der Waals surface area contributed by atoms with Crippen molar-refractivity contribution < 1.29 is 18.6 Å². The topological polar surface area (TPSA) is 82.7 Å². The molecule has 170 valence electrons. The van der Waals surface area contributed by atoms with Crippen LogP contribution >= 0.6 is 11.6 Å². The van der Waals surface area contributed by atoms with Crippen LogP contribution in [0.3, 0.4) is 0 Å². The molecule has 0 aliphatic rings. The minimum absolute atomic E-state index is 0.00403. The monoisotopic (exact) mass is 468 g/mol. The highest BCUT2D eigenvalue weighted by atomic mass is 35.5. The number of halogens is 2. The summed E-state index contributed by atoms with van der Waals surface area (Å²) in [6.45, 7) is 0.375. The van der Waals surface area contributed by atoms with Gasteiger partial charge in [-0.1, -0.05) is 17.7 Å². The van der Waals surface area contributed by atoms with Gasteiger partial charge in [-0.3, -0.25) is 0 Å². The molecule has 3 aromatic carbocycles. The fourth-order valence-corrected chi connectivity index (χ4v) is 3.76. The third kappa shape index (κ3) is 4.42. The molecule has 33 heavy (non-hydrogen) atoms. The predicted molar refractivity (Wildman–Crippen MR) is 127 cm³/mol. The van der Waals surface area contributed by atoms with E-state index in [1.165, 1.54) is 12.4 Å². The van der Waals surface area contributed by atoms with Crippen LogP contribution in [0.4, 0.5) is 21.6 Å². The van der Waals surface area contributed by atoms with E-state index in [2.05, 4.69) is 9.97 Å². The highest BCUT2D eigenvalue weighted by Gasteiger charge is 2.19. The lowest BCUT2D eigenvalue weighted by Gasteiger charge is -2.26. The van der Waals surface area contributed by atoms with Crippen molar-refractivity contribution in [3.63, 3.8) is 0 Å². The zero-order chi connectivity index (χ0) is 23.5. The summed E-state index contributed by atoms with van der Waals surface area (Å²) in [5, 5.41) is 0.709. The van der Waals surface area contributed by atoms with E-state index in [4.69, 9.17) is 31.5 Å². The largest absolute Gasteiger partial charge is 0.495 e. The summed E-state index contributed by atoms with van der Waals surface area (Å²) in [7, 11) is 4.70. The zero-order valence-corrected chi connectivity index (χ0v) is 19.1. The van der Waals surface area contributed by atoms with Crippen molar-refractivity contribution >= 4 is 39.7 Å². The number of hydrogen-bond donors (Lipinski definition) is 1. The summed E-state index contributed by atoms with van der Waals surface area (Å²) in [4.78, 5) is 10.8. The summed E-state index contributed by atoms with van der Waals surface area (Å²) in [6.07, 6.45) is 1.46. The zero-order valence-electron chi connectivity index (χ0n) is 18.3. The van der Waals surface area contributed by atoms with Crippen LogP contribution in [-0.4, -0.2) is 31.3 Å². The molecular weight excluding hydrogens is 447 g/mol. The van der Waals surface area contributed by atoms with E-state index in [1.54, 1.807) is 45.6 Å². The summed E-state index contributed by atoms with van der Waals surface area (Å²) in [6, 6.07) is 13.6. The maximum Gasteiger partial charge on any atom is 0.161 e. The van der Waals surface area contributed by atoms with Crippen LogP contribution in [0.5, 0.6) is 17.2 Å². The van der Waals surface area contributed by atoms with Crippen molar-refractivity contribution in [1.29, 1.82) is 0 Å². The first-order valence-corrected chi connectivity index (χ1v) is 10.3. The first-order valence-electron chi connectivity index (χ1n) is 9.97. The van der Waals surface area contributed by atoms with Gasteiger partial charge in [0.15, 0.2) is 11.5 Å². The SMILES string of the molecule is COc1cc2ncnc(N(Cc3ccc(OC)c(OC)c3)c3ccc(F)c(Cl)c3)c2cc1N. The smallest absolute Gasteiger partial charge is 0.161 e. The first kappa shape index (κ1) is 22.4. The quantitative estimate of drug-likeness (QED) is 0.365. The normalized spacial score (nSPS) is 10.8. The van der Waals surface area contributed by atoms with Crippen molar-refractivity contribution in [3.05, 3.63) is 71.3 Å². The van der Waals surface area contributed by atoms with E-state index < -0.39 is 5.82 Å². The number of benzene rings is 3. The van der Waals surface area contributed by atoms with Gasteiger partial charge >= 0.3 is 0 Å². The number of fused-ring (bicyclic) bond motifs is 1. The second-order valence-corrected chi connectivity index (χ2v) is 7.59. The number of aromatic nitrogens is 2. The Kier molecular flexibility index (Phi) is 6.37. The molecule has 0 radical (unpaired) electrons. The molecule has 0 saturated heterocycles. The highest BCUT2D eigenvalue weighted by Crippen LogP contribution is 2.37. The van der Waals surface area contributed by atoms with Crippen LogP contribution in [0.25, 0.3) is 10.9 Å². The molecular formula is C24H22ClFN4O3. The number of anilines is 3. The van der Waals surface area contributed by atoms with Crippen LogP contribution in [-0.2, 0) is 6.54 Å². The number of rotatable bonds is 7. The second kappa shape index (κ2) is 9.38. The number of nitrogens with two attached hydrogens (primary N) is 1. The minimum atomic E-state index is -0.506. The van der Waals surface area contributed by atoms with E-state index in [1.807, 2.05) is 23.1 Å². The standard InChI is InChI=1S/C24H22ClFN4O3/c1-31-21-7-4-14(8-23(21)33-3)12-30(15-5-6-18(26)17(25)9-15)24-16-10-19(27)22(32-2)11-20(16)28-13-29-24/h4-11,13H,12,27H2,1-3H3. The van der Waals surface area contributed by atoms with Crippen LogP contribution in [0.2, 0.25) is 5.02 Å². The number of methoxy groups -OCH3 is 3. The van der Waals surface area contributed by atoms with E-state index >= 15 is 0 Å². The van der Waals surface area contributed by atoms with Gasteiger partial charge in [0, 0.05) is 23.7 Å². The van der Waals surface area contributed by atoms with Gasteiger partial charge in [-0.25, -0.2) is 14.4 Å². The number of nitrogen functional groups attached to an aromatic ring is 1. The molecule has 0 saturated carbocycles. The van der Waals surface area contributed by atoms with Gasteiger partial charge in [0.1, 0.15) is 23.7 Å². The first-order chi connectivity index (χ1) is 15.9. The van der Waals surface area contributed by atoms with Crippen LogP contribution in [0.1, 0.15) is 5.56 Å². The number of ether oxygens (including phenoxy) is 3. The Labute approximate surface area is 195 Å². The second-order valence-electron chi connectivity index (χ2n) is 7.18. The summed E-state index contributed by atoms with van der Waals surface area (Å²) < 4.78 is 30.0. The predicted octanol–water partition coefficient (Wildman–Crippen LogP) is 5.37. The molecule has 0 atom stereocenters. The molecule has 1 aromatic heterocycles. The Bertz CT molecular complexity index is 1320. The van der Waals surface area contributed by atoms with Crippen molar-refractivity contribution in [2.75, 3.05) is 32.0 Å². The maximum atomic E-state index is 13.9. The Hall–Kier alpha value is -3.78. The minimum Gasteiger partial charge on any atom is -0.495 e. The molecule has 9 heteroatoms. The van der Waals surface area contributed by atoms with Gasteiger partial charge in [0.2, 0.25) is 0 Å². The lowest BCUT2D eigenvalue weighted by Crippen LogP contribution is -2.18. The fourth-order valence-electron chi connectivity index (χ4n) is 3.58. The van der Waals surface area contributed by atoms with Crippen molar-refractivity contribution in [2.45, 2.75) is 6.54 Å². The van der Waals surface area contributed by atoms with Gasteiger partial charge < -0.3 is 24.8 Å². The van der Waals surface area contributed by atoms with Crippen molar-refractivity contribution in [2.24, 2.45) is 0 Å². The van der Waals surface area contributed by atoms with Gasteiger partial charge in [0.05, 0.1) is 37.6 Å². The van der Waals surface area contributed by atoms with Crippen LogP contribution < -0.4 is 24.8 Å². The van der Waals surface area contributed by atoms with Gasteiger partial charge in [-0.15, -0.1) is 0 Å². The molecule has 0 bridgehead atoms. The molecule has 0 spiro atoms. The molecule has 2 N–H and O–H groups in total. The van der Waals surface area contributed by atoms with Gasteiger partial charge in [-0.05, 0) is 42.0 Å². The third-order valence-electron chi connectivity index (χ3n) is 5.22. The average molecular weight is 469 g/mol. The Morgan fingerprint density at radius 3 is 2.36 bits per heavy atom. The summed E-state index contributed by atoms with van der Waals surface area (Å²) in [5.41, 5.74) is 8.82. The third-order valence-corrected chi connectivity index (χ3v) is 5.51. The molecule has 0 unspecified atom stereocenters. The molecule has 1 heterocycles. The lowest BCUT2D eigenvalue weighted by molar-refractivity contribution is 0.354. The maximum absolute atomic E-state index is 13.9. The molecule has 0 aliphatic heterocycles. The van der Waals surface area contributed by atoms with E-state index in [9.17, 15) is 4.39 Å². The molecule has 0 aliphatic carbocycles.